The molecular formula is C13H14N2O2. The molecule has 1 saturated heterocycles. The van der Waals surface area contributed by atoms with Gasteiger partial charge in [-0.05, 0) is 25.0 Å². The minimum absolute atomic E-state index is 0.587. The Morgan fingerprint density at radius 3 is 2.82 bits per heavy atom. The van der Waals surface area contributed by atoms with Crippen molar-refractivity contribution in [2.45, 2.75) is 12.8 Å². The molecule has 3 rings (SSSR count). The first-order valence-electron chi connectivity index (χ1n) is 5.84. The number of rotatable bonds is 3. The summed E-state index contributed by atoms with van der Waals surface area (Å²) in [5, 5.41) is 0. The van der Waals surface area contributed by atoms with Crippen LogP contribution in [0.15, 0.2) is 44.4 Å². The highest BCUT2D eigenvalue weighted by Gasteiger charge is 2.14. The SMILES string of the molecule is C(=Nc1ccco1)c1ccc(N2CCCC2)o1. The van der Waals surface area contributed by atoms with Crippen molar-refractivity contribution in [1.29, 1.82) is 0 Å². The van der Waals surface area contributed by atoms with Crippen molar-refractivity contribution in [1.82, 2.24) is 0 Å². The van der Waals surface area contributed by atoms with E-state index in [1.165, 1.54) is 12.8 Å². The Kier molecular flexibility index (Phi) is 2.69. The first kappa shape index (κ1) is 10.2. The van der Waals surface area contributed by atoms with Gasteiger partial charge >= 0.3 is 0 Å². The number of hydrogen-bond acceptors (Lipinski definition) is 4. The molecule has 0 aliphatic carbocycles. The molecule has 2 aromatic rings. The van der Waals surface area contributed by atoms with Crippen LogP contribution in [-0.4, -0.2) is 19.3 Å². The van der Waals surface area contributed by atoms with Crippen LogP contribution in [-0.2, 0) is 0 Å². The summed E-state index contributed by atoms with van der Waals surface area (Å²) in [7, 11) is 0. The van der Waals surface area contributed by atoms with Crippen molar-refractivity contribution in [3.8, 4) is 0 Å². The first-order chi connectivity index (χ1) is 8.42. The van der Waals surface area contributed by atoms with Crippen molar-refractivity contribution in [2.75, 3.05) is 18.0 Å². The zero-order valence-corrected chi connectivity index (χ0v) is 9.50. The van der Waals surface area contributed by atoms with Gasteiger partial charge in [0.2, 0.25) is 5.88 Å². The molecular weight excluding hydrogens is 216 g/mol. The molecule has 4 nitrogen and oxygen atoms in total. The van der Waals surface area contributed by atoms with Gasteiger partial charge in [0.25, 0.3) is 0 Å². The second-order valence-corrected chi connectivity index (χ2v) is 4.08. The smallest absolute Gasteiger partial charge is 0.218 e. The van der Waals surface area contributed by atoms with Crippen LogP contribution in [0.2, 0.25) is 0 Å². The lowest BCUT2D eigenvalue weighted by Gasteiger charge is -2.12. The second-order valence-electron chi connectivity index (χ2n) is 4.08. The summed E-state index contributed by atoms with van der Waals surface area (Å²) in [6, 6.07) is 7.54. The van der Waals surface area contributed by atoms with E-state index in [0.717, 1.165) is 24.7 Å². The topological polar surface area (TPSA) is 41.9 Å². The third kappa shape index (κ3) is 2.25. The molecule has 0 amide bonds. The number of anilines is 1. The first-order valence-corrected chi connectivity index (χ1v) is 5.84. The van der Waals surface area contributed by atoms with Crippen molar-refractivity contribution >= 4 is 18.0 Å². The van der Waals surface area contributed by atoms with Crippen LogP contribution in [0.25, 0.3) is 0 Å². The van der Waals surface area contributed by atoms with Gasteiger partial charge in [-0.15, -0.1) is 0 Å². The molecule has 0 spiro atoms. The van der Waals surface area contributed by atoms with Gasteiger partial charge in [0, 0.05) is 25.2 Å². The Hall–Kier alpha value is -1.97. The van der Waals surface area contributed by atoms with Crippen molar-refractivity contribution in [3.63, 3.8) is 0 Å². The molecule has 1 fully saturated rings. The summed E-state index contributed by atoms with van der Waals surface area (Å²) in [5.41, 5.74) is 0. The van der Waals surface area contributed by atoms with Gasteiger partial charge in [-0.1, -0.05) is 0 Å². The zero-order chi connectivity index (χ0) is 11.5. The van der Waals surface area contributed by atoms with Crippen LogP contribution >= 0.6 is 0 Å². The van der Waals surface area contributed by atoms with E-state index < -0.39 is 0 Å². The minimum Gasteiger partial charge on any atom is -0.447 e. The number of furan rings is 2. The standard InChI is InChI=1S/C13H14N2O2/c1-2-8-15(7-1)13-6-5-11(17-13)10-14-12-4-3-9-16-12/h3-6,9-10H,1-2,7-8H2. The minimum atomic E-state index is 0.587. The van der Waals surface area contributed by atoms with Crippen LogP contribution in [0, 0.1) is 0 Å². The van der Waals surface area contributed by atoms with Crippen LogP contribution in [0.3, 0.4) is 0 Å². The molecule has 0 bridgehead atoms. The molecule has 0 saturated carbocycles. The van der Waals surface area contributed by atoms with Gasteiger partial charge < -0.3 is 13.7 Å². The van der Waals surface area contributed by atoms with E-state index in [1.807, 2.05) is 18.2 Å². The Bertz CT molecular complexity index is 493. The number of nitrogens with zero attached hydrogens (tertiary/aromatic N) is 2. The van der Waals surface area contributed by atoms with Crippen LogP contribution < -0.4 is 4.90 Å². The fourth-order valence-corrected chi connectivity index (χ4v) is 1.99. The van der Waals surface area contributed by atoms with Gasteiger partial charge in [-0.25, -0.2) is 4.99 Å². The van der Waals surface area contributed by atoms with Crippen molar-refractivity contribution < 1.29 is 8.83 Å². The van der Waals surface area contributed by atoms with Crippen LogP contribution in [0.1, 0.15) is 18.6 Å². The highest BCUT2D eigenvalue weighted by molar-refractivity contribution is 5.78. The van der Waals surface area contributed by atoms with E-state index in [2.05, 4.69) is 9.89 Å². The molecule has 0 N–H and O–H groups in total. The summed E-state index contributed by atoms with van der Waals surface area (Å²) in [4.78, 5) is 6.43. The van der Waals surface area contributed by atoms with Crippen LogP contribution in [0.5, 0.6) is 0 Å². The second kappa shape index (κ2) is 4.49. The average molecular weight is 230 g/mol. The summed E-state index contributed by atoms with van der Waals surface area (Å²) in [6.07, 6.45) is 5.77. The lowest BCUT2D eigenvalue weighted by Crippen LogP contribution is -2.16. The molecule has 17 heavy (non-hydrogen) atoms. The monoisotopic (exact) mass is 230 g/mol. The highest BCUT2D eigenvalue weighted by Crippen LogP contribution is 2.22. The highest BCUT2D eigenvalue weighted by atomic mass is 16.4. The molecule has 3 heterocycles. The largest absolute Gasteiger partial charge is 0.447 e. The van der Waals surface area contributed by atoms with Gasteiger partial charge in [-0.3, -0.25) is 0 Å². The Labute approximate surface area is 99.6 Å². The molecule has 0 aromatic carbocycles. The third-order valence-corrected chi connectivity index (χ3v) is 2.86. The molecule has 88 valence electrons. The van der Waals surface area contributed by atoms with Gasteiger partial charge in [-0.2, -0.15) is 0 Å². The molecule has 2 aromatic heterocycles. The molecule has 1 aliphatic rings. The van der Waals surface area contributed by atoms with Gasteiger partial charge in [0.1, 0.15) is 5.76 Å². The Balaban J connectivity index is 1.72. The Morgan fingerprint density at radius 2 is 2.06 bits per heavy atom. The van der Waals surface area contributed by atoms with E-state index in [9.17, 15) is 0 Å². The third-order valence-electron chi connectivity index (χ3n) is 2.86. The van der Waals surface area contributed by atoms with E-state index in [1.54, 1.807) is 18.5 Å². The predicted octanol–water partition coefficient (Wildman–Crippen LogP) is 3.22. The maximum absolute atomic E-state index is 5.70. The predicted molar refractivity (Wildman–Crippen MR) is 66.1 cm³/mol. The lowest BCUT2D eigenvalue weighted by atomic mass is 10.4. The maximum atomic E-state index is 5.70. The average Bonchev–Trinajstić information content (AvgIpc) is 3.09. The molecule has 0 radical (unpaired) electrons. The Morgan fingerprint density at radius 1 is 1.18 bits per heavy atom. The number of aliphatic imine (C=N–C) groups is 1. The number of hydrogen-bond donors (Lipinski definition) is 0. The lowest BCUT2D eigenvalue weighted by molar-refractivity contribution is 0.549. The summed E-state index contributed by atoms with van der Waals surface area (Å²) < 4.78 is 10.8. The summed E-state index contributed by atoms with van der Waals surface area (Å²) in [5.74, 6) is 2.27. The van der Waals surface area contributed by atoms with Gasteiger partial charge in [0.15, 0.2) is 5.88 Å². The van der Waals surface area contributed by atoms with E-state index >= 15 is 0 Å². The normalized spacial score (nSPS) is 16.1. The van der Waals surface area contributed by atoms with E-state index in [4.69, 9.17) is 8.83 Å². The molecule has 1 aliphatic heterocycles. The van der Waals surface area contributed by atoms with Crippen LogP contribution in [0.4, 0.5) is 11.8 Å². The quantitative estimate of drug-likeness (QED) is 0.760. The van der Waals surface area contributed by atoms with Crippen molar-refractivity contribution in [2.24, 2.45) is 4.99 Å². The fourth-order valence-electron chi connectivity index (χ4n) is 1.99. The van der Waals surface area contributed by atoms with E-state index in [-0.39, 0.29) is 0 Å². The van der Waals surface area contributed by atoms with E-state index in [0.29, 0.717) is 5.88 Å². The van der Waals surface area contributed by atoms with Gasteiger partial charge in [0.05, 0.1) is 12.5 Å². The summed E-state index contributed by atoms with van der Waals surface area (Å²) in [6.45, 7) is 2.17. The van der Waals surface area contributed by atoms with Crippen molar-refractivity contribution in [3.05, 3.63) is 36.3 Å². The molecule has 0 atom stereocenters. The summed E-state index contributed by atoms with van der Waals surface area (Å²) >= 11 is 0. The fraction of sp³-hybridized carbons (Fsp3) is 0.308. The molecule has 0 unspecified atom stereocenters. The molecule has 4 heteroatoms. The maximum Gasteiger partial charge on any atom is 0.218 e. The zero-order valence-electron chi connectivity index (χ0n) is 9.50.